The number of sulfonamides is 1. The fraction of sp³-hybridized carbons (Fsp3) is 0.235. The molecule has 5 heteroatoms. The first-order valence-corrected chi connectivity index (χ1v) is 8.58. The third-order valence-electron chi connectivity index (χ3n) is 3.62. The van der Waals surface area contributed by atoms with E-state index in [2.05, 4.69) is 18.6 Å². The lowest BCUT2D eigenvalue weighted by atomic mass is 9.97. The molecule has 2 rings (SSSR count). The van der Waals surface area contributed by atoms with Gasteiger partial charge in [0.25, 0.3) is 10.0 Å². The minimum Gasteiger partial charge on any atom is -0.279 e. The second-order valence-electron chi connectivity index (χ2n) is 5.14. The molecule has 0 bridgehead atoms. The van der Waals surface area contributed by atoms with Gasteiger partial charge in [0.15, 0.2) is 0 Å². The SMILES string of the molecule is CCC(C)c1ccccc1NS(=O)(=O)c1cccc(C#N)c1. The lowest BCUT2D eigenvalue weighted by Gasteiger charge is -2.16. The highest BCUT2D eigenvalue weighted by molar-refractivity contribution is 7.92. The maximum Gasteiger partial charge on any atom is 0.261 e. The van der Waals surface area contributed by atoms with Crippen molar-refractivity contribution in [2.24, 2.45) is 0 Å². The molecule has 1 unspecified atom stereocenters. The van der Waals surface area contributed by atoms with Crippen LogP contribution in [-0.4, -0.2) is 8.42 Å². The largest absolute Gasteiger partial charge is 0.279 e. The van der Waals surface area contributed by atoms with Crippen molar-refractivity contribution >= 4 is 15.7 Å². The standard InChI is InChI=1S/C17H18N2O2S/c1-3-13(2)16-9-4-5-10-17(16)19-22(20,21)15-8-6-7-14(11-15)12-18/h4-11,13,19H,3H2,1-2H3. The van der Waals surface area contributed by atoms with Crippen molar-refractivity contribution < 1.29 is 8.42 Å². The maximum atomic E-state index is 12.5. The van der Waals surface area contributed by atoms with Gasteiger partial charge in [0, 0.05) is 0 Å². The van der Waals surface area contributed by atoms with Gasteiger partial charge >= 0.3 is 0 Å². The van der Waals surface area contributed by atoms with Crippen molar-refractivity contribution in [2.75, 3.05) is 4.72 Å². The quantitative estimate of drug-likeness (QED) is 0.910. The molecular formula is C17H18N2O2S. The van der Waals surface area contributed by atoms with Crippen LogP contribution >= 0.6 is 0 Å². The molecule has 114 valence electrons. The minimum atomic E-state index is -3.71. The van der Waals surface area contributed by atoms with Crippen molar-refractivity contribution in [3.63, 3.8) is 0 Å². The Balaban J connectivity index is 2.39. The summed E-state index contributed by atoms with van der Waals surface area (Å²) in [6.07, 6.45) is 0.919. The number of para-hydroxylation sites is 1. The summed E-state index contributed by atoms with van der Waals surface area (Å²) in [6.45, 7) is 4.12. The number of hydrogen-bond donors (Lipinski definition) is 1. The maximum absolute atomic E-state index is 12.5. The third-order valence-corrected chi connectivity index (χ3v) is 4.99. The fourth-order valence-electron chi connectivity index (χ4n) is 2.18. The molecule has 0 radical (unpaired) electrons. The van der Waals surface area contributed by atoms with Crippen LogP contribution in [0, 0.1) is 11.3 Å². The van der Waals surface area contributed by atoms with Gasteiger partial charge in [-0.15, -0.1) is 0 Å². The summed E-state index contributed by atoms with van der Waals surface area (Å²) in [5, 5.41) is 8.90. The van der Waals surface area contributed by atoms with E-state index >= 15 is 0 Å². The first-order chi connectivity index (χ1) is 10.5. The number of nitrogens with zero attached hydrogens (tertiary/aromatic N) is 1. The van der Waals surface area contributed by atoms with E-state index in [0.29, 0.717) is 11.3 Å². The predicted molar refractivity (Wildman–Crippen MR) is 87.1 cm³/mol. The van der Waals surface area contributed by atoms with Gasteiger partial charge in [-0.1, -0.05) is 38.1 Å². The van der Waals surface area contributed by atoms with Gasteiger partial charge in [0.2, 0.25) is 0 Å². The summed E-state index contributed by atoms with van der Waals surface area (Å²) in [7, 11) is -3.71. The van der Waals surface area contributed by atoms with Crippen LogP contribution in [0.25, 0.3) is 0 Å². The molecule has 22 heavy (non-hydrogen) atoms. The molecule has 0 saturated carbocycles. The summed E-state index contributed by atoms with van der Waals surface area (Å²) in [4.78, 5) is 0.0884. The van der Waals surface area contributed by atoms with Crippen LogP contribution in [-0.2, 0) is 10.0 Å². The van der Waals surface area contributed by atoms with Crippen LogP contribution < -0.4 is 4.72 Å². The van der Waals surface area contributed by atoms with Gasteiger partial charge in [-0.3, -0.25) is 4.72 Å². The molecule has 0 aliphatic heterocycles. The van der Waals surface area contributed by atoms with Crippen molar-refractivity contribution in [2.45, 2.75) is 31.1 Å². The molecule has 2 aromatic carbocycles. The zero-order valence-electron chi connectivity index (χ0n) is 12.6. The lowest BCUT2D eigenvalue weighted by molar-refractivity contribution is 0.601. The van der Waals surface area contributed by atoms with Crippen LogP contribution in [0.2, 0.25) is 0 Å². The first-order valence-electron chi connectivity index (χ1n) is 7.10. The van der Waals surface area contributed by atoms with Gasteiger partial charge in [-0.25, -0.2) is 8.42 Å². The van der Waals surface area contributed by atoms with E-state index in [0.717, 1.165) is 12.0 Å². The Bertz CT molecular complexity index is 807. The molecule has 0 aliphatic carbocycles. The van der Waals surface area contributed by atoms with Crippen molar-refractivity contribution in [1.29, 1.82) is 5.26 Å². The number of nitriles is 1. The van der Waals surface area contributed by atoms with Crippen molar-refractivity contribution in [1.82, 2.24) is 0 Å². The summed E-state index contributed by atoms with van der Waals surface area (Å²) in [5.41, 5.74) is 1.86. The topological polar surface area (TPSA) is 70.0 Å². The van der Waals surface area contributed by atoms with E-state index in [1.807, 2.05) is 18.2 Å². The Kier molecular flexibility index (Phi) is 4.84. The molecule has 4 nitrogen and oxygen atoms in total. The molecule has 0 aromatic heterocycles. The Morgan fingerprint density at radius 2 is 1.91 bits per heavy atom. The number of anilines is 1. The van der Waals surface area contributed by atoms with Crippen LogP contribution in [0.3, 0.4) is 0 Å². The summed E-state index contributed by atoms with van der Waals surface area (Å²) in [5.74, 6) is 0.254. The summed E-state index contributed by atoms with van der Waals surface area (Å²) < 4.78 is 27.7. The molecule has 0 spiro atoms. The second-order valence-corrected chi connectivity index (χ2v) is 6.82. The van der Waals surface area contributed by atoms with Gasteiger partial charge in [0.1, 0.15) is 0 Å². The minimum absolute atomic E-state index is 0.0884. The van der Waals surface area contributed by atoms with Crippen LogP contribution in [0.15, 0.2) is 53.4 Å². The predicted octanol–water partition coefficient (Wildman–Crippen LogP) is 3.87. The van der Waals surface area contributed by atoms with E-state index in [1.54, 1.807) is 24.3 Å². The Morgan fingerprint density at radius 1 is 1.18 bits per heavy atom. The average molecular weight is 314 g/mol. The zero-order chi connectivity index (χ0) is 16.2. The highest BCUT2D eigenvalue weighted by Crippen LogP contribution is 2.28. The Morgan fingerprint density at radius 3 is 2.59 bits per heavy atom. The average Bonchev–Trinajstić information content (AvgIpc) is 2.54. The van der Waals surface area contributed by atoms with E-state index in [-0.39, 0.29) is 10.8 Å². The molecule has 0 saturated heterocycles. The fourth-order valence-corrected chi connectivity index (χ4v) is 3.31. The molecule has 0 aliphatic rings. The Hall–Kier alpha value is -2.32. The van der Waals surface area contributed by atoms with E-state index in [4.69, 9.17) is 5.26 Å². The molecule has 2 aromatic rings. The van der Waals surface area contributed by atoms with E-state index in [1.165, 1.54) is 12.1 Å². The summed E-state index contributed by atoms with van der Waals surface area (Å²) >= 11 is 0. The van der Waals surface area contributed by atoms with Crippen LogP contribution in [0.4, 0.5) is 5.69 Å². The molecule has 0 heterocycles. The van der Waals surface area contributed by atoms with Gasteiger partial charge < -0.3 is 0 Å². The van der Waals surface area contributed by atoms with Crippen LogP contribution in [0.5, 0.6) is 0 Å². The monoisotopic (exact) mass is 314 g/mol. The highest BCUT2D eigenvalue weighted by atomic mass is 32.2. The molecular weight excluding hydrogens is 296 g/mol. The molecule has 1 N–H and O–H groups in total. The first kappa shape index (κ1) is 16.1. The zero-order valence-corrected chi connectivity index (χ0v) is 13.4. The van der Waals surface area contributed by atoms with E-state index in [9.17, 15) is 8.42 Å². The number of nitrogens with one attached hydrogen (secondary N) is 1. The molecule has 0 amide bonds. The van der Waals surface area contributed by atoms with E-state index < -0.39 is 10.0 Å². The highest BCUT2D eigenvalue weighted by Gasteiger charge is 2.17. The lowest BCUT2D eigenvalue weighted by Crippen LogP contribution is -2.15. The number of rotatable bonds is 5. The summed E-state index contributed by atoms with van der Waals surface area (Å²) in [6, 6.07) is 15.3. The van der Waals surface area contributed by atoms with Gasteiger partial charge in [-0.2, -0.15) is 5.26 Å². The smallest absolute Gasteiger partial charge is 0.261 e. The third kappa shape index (κ3) is 3.46. The Labute approximate surface area is 131 Å². The second kappa shape index (κ2) is 6.63. The normalized spacial score (nSPS) is 12.4. The number of hydrogen-bond acceptors (Lipinski definition) is 3. The van der Waals surface area contributed by atoms with Gasteiger partial charge in [-0.05, 0) is 42.2 Å². The molecule has 0 fully saturated rings. The van der Waals surface area contributed by atoms with Crippen molar-refractivity contribution in [3.8, 4) is 6.07 Å². The number of benzene rings is 2. The van der Waals surface area contributed by atoms with Crippen LogP contribution in [0.1, 0.15) is 37.3 Å². The molecule has 1 atom stereocenters. The van der Waals surface area contributed by atoms with Gasteiger partial charge in [0.05, 0.1) is 22.2 Å². The van der Waals surface area contributed by atoms with Crippen molar-refractivity contribution in [3.05, 3.63) is 59.7 Å².